The zero-order valence-electron chi connectivity index (χ0n) is 10.1. The molecule has 2 rings (SSSR count). The number of rotatable bonds is 1. The molecule has 0 aliphatic rings. The van der Waals surface area contributed by atoms with E-state index in [1.54, 1.807) is 0 Å². The fourth-order valence-electron chi connectivity index (χ4n) is 1.87. The van der Waals surface area contributed by atoms with E-state index in [2.05, 4.69) is 61.6 Å². The lowest BCUT2D eigenvalue weighted by Crippen LogP contribution is -2.15. The van der Waals surface area contributed by atoms with Crippen molar-refractivity contribution in [3.05, 3.63) is 23.7 Å². The second-order valence-corrected chi connectivity index (χ2v) is 6.02. The van der Waals surface area contributed by atoms with Crippen LogP contribution in [-0.2, 0) is 11.8 Å². The molecule has 0 bridgehead atoms. The van der Waals surface area contributed by atoms with Gasteiger partial charge in [-0.2, -0.15) is 0 Å². The summed E-state index contributed by atoms with van der Waals surface area (Å²) in [7, 11) is 0. The van der Waals surface area contributed by atoms with Gasteiger partial charge in [0.15, 0.2) is 5.65 Å². The Hall–Kier alpha value is -0.650. The third kappa shape index (κ3) is 1.95. The average molecular weight is 329 g/mol. The van der Waals surface area contributed by atoms with Crippen molar-refractivity contribution in [3.8, 4) is 0 Å². The molecule has 0 saturated heterocycles. The van der Waals surface area contributed by atoms with E-state index in [1.807, 2.05) is 9.11 Å². The minimum Gasteiger partial charge on any atom is -0.255 e. The Morgan fingerprint density at radius 1 is 1.38 bits per heavy atom. The van der Waals surface area contributed by atoms with Crippen molar-refractivity contribution in [3.63, 3.8) is 0 Å². The van der Waals surface area contributed by atoms with Crippen molar-refractivity contribution >= 4 is 34.0 Å². The number of imidazole rings is 1. The molecule has 0 spiro atoms. The van der Waals surface area contributed by atoms with E-state index in [4.69, 9.17) is 4.98 Å². The number of hydrogen-bond donors (Lipinski definition) is 0. The molecule has 0 fully saturated rings. The van der Waals surface area contributed by atoms with Gasteiger partial charge in [0, 0.05) is 5.69 Å². The highest BCUT2D eigenvalue weighted by Crippen LogP contribution is 2.28. The largest absolute Gasteiger partial charge is 0.255 e. The minimum absolute atomic E-state index is 0.127. The average Bonchev–Trinajstić information content (AvgIpc) is 2.57. The molecule has 0 radical (unpaired) electrons. The summed E-state index contributed by atoms with van der Waals surface area (Å²) in [5.74, 6) is 0. The molecular weight excluding hydrogens is 313 g/mol. The highest BCUT2D eigenvalue weighted by Gasteiger charge is 2.20. The third-order valence-electron chi connectivity index (χ3n) is 2.71. The highest BCUT2D eigenvalue weighted by atomic mass is 127. The molecule has 0 N–H and O–H groups in total. The first-order chi connectivity index (χ1) is 7.43. The molecule has 0 aliphatic carbocycles. The first-order valence-corrected chi connectivity index (χ1v) is 6.43. The normalized spacial score (nSPS) is 12.3. The van der Waals surface area contributed by atoms with Gasteiger partial charge in [0.25, 0.3) is 0 Å². The van der Waals surface area contributed by atoms with E-state index in [-0.39, 0.29) is 5.41 Å². The van der Waals surface area contributed by atoms with E-state index < -0.39 is 0 Å². The maximum atomic E-state index is 4.71. The SMILES string of the molecule is CCc1nc2c(cc1C(C)(C)C)ncn2I. The molecule has 0 amide bonds. The molecule has 2 aromatic rings. The maximum absolute atomic E-state index is 4.71. The van der Waals surface area contributed by atoms with Crippen molar-refractivity contribution in [1.82, 2.24) is 12.7 Å². The first kappa shape index (κ1) is 11.8. The second kappa shape index (κ2) is 3.98. The summed E-state index contributed by atoms with van der Waals surface area (Å²) in [6.45, 7) is 8.81. The topological polar surface area (TPSA) is 30.7 Å². The smallest absolute Gasteiger partial charge is 0.169 e. The minimum atomic E-state index is 0.127. The molecule has 0 aliphatic heterocycles. The van der Waals surface area contributed by atoms with Gasteiger partial charge >= 0.3 is 0 Å². The number of fused-ring (bicyclic) bond motifs is 1. The van der Waals surface area contributed by atoms with Crippen LogP contribution >= 0.6 is 22.9 Å². The Bertz CT molecular complexity index is 523. The van der Waals surface area contributed by atoms with Crippen LogP contribution in [0.4, 0.5) is 0 Å². The summed E-state index contributed by atoms with van der Waals surface area (Å²) in [6, 6.07) is 2.18. The van der Waals surface area contributed by atoms with Crippen LogP contribution in [0.2, 0.25) is 0 Å². The van der Waals surface area contributed by atoms with E-state index in [0.717, 1.165) is 17.6 Å². The van der Waals surface area contributed by atoms with Crippen LogP contribution in [0.25, 0.3) is 11.2 Å². The Morgan fingerprint density at radius 3 is 2.62 bits per heavy atom. The fraction of sp³-hybridized carbons (Fsp3) is 0.500. The van der Waals surface area contributed by atoms with Crippen LogP contribution in [0, 0.1) is 0 Å². The molecule has 3 nitrogen and oxygen atoms in total. The number of nitrogens with zero attached hydrogens (tertiary/aromatic N) is 3. The predicted molar refractivity (Wildman–Crippen MR) is 75.0 cm³/mol. The van der Waals surface area contributed by atoms with Gasteiger partial charge in [-0.25, -0.2) is 9.97 Å². The fourth-order valence-corrected chi connectivity index (χ4v) is 2.35. The van der Waals surface area contributed by atoms with E-state index in [0.29, 0.717) is 0 Å². The zero-order valence-corrected chi connectivity index (χ0v) is 12.2. The van der Waals surface area contributed by atoms with E-state index in [1.165, 1.54) is 11.3 Å². The summed E-state index contributed by atoms with van der Waals surface area (Å²) in [5.41, 5.74) is 4.56. The third-order valence-corrected chi connectivity index (χ3v) is 3.41. The molecule has 0 atom stereocenters. The van der Waals surface area contributed by atoms with Crippen LogP contribution < -0.4 is 0 Å². The van der Waals surface area contributed by atoms with Crippen molar-refractivity contribution in [2.75, 3.05) is 0 Å². The molecule has 2 heterocycles. The monoisotopic (exact) mass is 329 g/mol. The Kier molecular flexibility index (Phi) is 2.94. The summed E-state index contributed by atoms with van der Waals surface area (Å²) >= 11 is 2.21. The number of aryl methyl sites for hydroxylation is 1. The van der Waals surface area contributed by atoms with E-state index in [9.17, 15) is 0 Å². The Balaban J connectivity index is 2.74. The van der Waals surface area contributed by atoms with Crippen LogP contribution in [0.1, 0.15) is 39.0 Å². The summed E-state index contributed by atoms with van der Waals surface area (Å²) in [6.07, 6.45) is 2.77. The van der Waals surface area contributed by atoms with Crippen LogP contribution in [0.3, 0.4) is 0 Å². The zero-order chi connectivity index (χ0) is 11.9. The predicted octanol–water partition coefficient (Wildman–Crippen LogP) is 3.49. The van der Waals surface area contributed by atoms with Gasteiger partial charge in [-0.3, -0.25) is 2.78 Å². The molecule has 0 saturated carbocycles. The summed E-state index contributed by atoms with van der Waals surface area (Å²) in [5, 5.41) is 0. The maximum Gasteiger partial charge on any atom is 0.169 e. The van der Waals surface area contributed by atoms with Crippen LogP contribution in [0.15, 0.2) is 12.4 Å². The standard InChI is InChI=1S/C12H16IN3/c1-5-9-8(12(2,3)4)6-10-11(15-9)16(13)7-14-10/h6-7H,5H2,1-4H3. The van der Waals surface area contributed by atoms with Crippen LogP contribution in [-0.4, -0.2) is 12.7 Å². The molecule has 16 heavy (non-hydrogen) atoms. The Morgan fingerprint density at radius 2 is 2.06 bits per heavy atom. The van der Waals surface area contributed by atoms with Gasteiger partial charge in [-0.15, -0.1) is 0 Å². The van der Waals surface area contributed by atoms with Gasteiger partial charge in [-0.05, 0) is 23.5 Å². The van der Waals surface area contributed by atoms with Gasteiger partial charge in [-0.1, -0.05) is 27.7 Å². The quantitative estimate of drug-likeness (QED) is 0.750. The lowest BCUT2D eigenvalue weighted by molar-refractivity contribution is 0.580. The first-order valence-electron chi connectivity index (χ1n) is 5.47. The number of pyridine rings is 1. The number of halogens is 1. The van der Waals surface area contributed by atoms with Gasteiger partial charge in [0.2, 0.25) is 0 Å². The van der Waals surface area contributed by atoms with Gasteiger partial charge in [0.05, 0.1) is 22.9 Å². The Labute approximate surface area is 110 Å². The lowest BCUT2D eigenvalue weighted by atomic mass is 9.85. The molecule has 0 unspecified atom stereocenters. The molecule has 0 aromatic carbocycles. The molecule has 86 valence electrons. The molecule has 4 heteroatoms. The highest BCUT2D eigenvalue weighted by molar-refractivity contribution is 14.1. The van der Waals surface area contributed by atoms with Crippen molar-refractivity contribution < 1.29 is 0 Å². The summed E-state index contributed by atoms with van der Waals surface area (Å²) < 4.78 is 1.94. The number of aromatic nitrogens is 3. The van der Waals surface area contributed by atoms with Crippen molar-refractivity contribution in [1.29, 1.82) is 0 Å². The number of hydrogen-bond acceptors (Lipinski definition) is 2. The van der Waals surface area contributed by atoms with Crippen molar-refractivity contribution in [2.45, 2.75) is 39.5 Å². The van der Waals surface area contributed by atoms with Crippen molar-refractivity contribution in [2.24, 2.45) is 0 Å². The molecule has 2 aromatic heterocycles. The van der Waals surface area contributed by atoms with Crippen LogP contribution in [0.5, 0.6) is 0 Å². The summed E-state index contributed by atoms with van der Waals surface area (Å²) in [4.78, 5) is 9.07. The van der Waals surface area contributed by atoms with E-state index >= 15 is 0 Å². The lowest BCUT2D eigenvalue weighted by Gasteiger charge is -2.21. The van der Waals surface area contributed by atoms with Gasteiger partial charge in [0.1, 0.15) is 11.8 Å². The second-order valence-electron chi connectivity index (χ2n) is 4.98. The van der Waals surface area contributed by atoms with Gasteiger partial charge < -0.3 is 0 Å². The molecular formula is C12H16IN3.